The maximum atomic E-state index is 6.31. The second-order valence-corrected chi connectivity index (χ2v) is 9.81. The second kappa shape index (κ2) is 12.2. The lowest BCUT2D eigenvalue weighted by atomic mass is 10.1. The predicted octanol–water partition coefficient (Wildman–Crippen LogP) is 6.29. The molecule has 2 aromatic heterocycles. The van der Waals surface area contributed by atoms with Crippen molar-refractivity contribution < 1.29 is 18.5 Å². The highest BCUT2D eigenvalue weighted by Crippen LogP contribution is 2.39. The SMILES string of the molecule is CCOP(COCC1CCC(n2ccc3c(N[C@H](C)c4ccccc4)nc(Cl)nc32)O1)OCC. The van der Waals surface area contributed by atoms with E-state index in [-0.39, 0.29) is 23.7 Å². The number of nitrogens with zero attached hydrogens (tertiary/aromatic N) is 3. The molecule has 184 valence electrons. The molecule has 10 heteroatoms. The molecule has 1 aromatic carbocycles. The van der Waals surface area contributed by atoms with E-state index in [1.54, 1.807) is 0 Å². The van der Waals surface area contributed by atoms with Crippen LogP contribution in [0.2, 0.25) is 5.28 Å². The molecule has 0 bridgehead atoms. The fourth-order valence-electron chi connectivity index (χ4n) is 4.05. The summed E-state index contributed by atoms with van der Waals surface area (Å²) in [6.07, 6.45) is 4.10. The van der Waals surface area contributed by atoms with Crippen LogP contribution in [0.1, 0.15) is 51.4 Å². The fraction of sp³-hybridized carbons (Fsp3) is 0.500. The minimum Gasteiger partial charge on any atom is -0.369 e. The first-order valence-corrected chi connectivity index (χ1v) is 13.4. The lowest BCUT2D eigenvalue weighted by Gasteiger charge is -2.19. The number of hydrogen-bond acceptors (Lipinski definition) is 7. The average molecular weight is 507 g/mol. The largest absolute Gasteiger partial charge is 0.369 e. The van der Waals surface area contributed by atoms with E-state index in [9.17, 15) is 0 Å². The van der Waals surface area contributed by atoms with E-state index in [0.717, 1.165) is 23.9 Å². The quantitative estimate of drug-likeness (QED) is 0.228. The molecule has 1 aliphatic rings. The summed E-state index contributed by atoms with van der Waals surface area (Å²) in [5.41, 5.74) is 1.93. The molecule has 1 fully saturated rings. The smallest absolute Gasteiger partial charge is 0.226 e. The number of benzene rings is 1. The molecule has 0 spiro atoms. The van der Waals surface area contributed by atoms with Crippen molar-refractivity contribution in [1.82, 2.24) is 14.5 Å². The Bertz CT molecular complexity index is 1050. The van der Waals surface area contributed by atoms with Crippen LogP contribution in [-0.2, 0) is 18.5 Å². The number of hydrogen-bond donors (Lipinski definition) is 1. The number of ether oxygens (including phenoxy) is 2. The molecule has 3 aromatic rings. The Morgan fingerprint density at radius 1 is 1.15 bits per heavy atom. The Kier molecular flexibility index (Phi) is 9.11. The molecule has 0 aliphatic carbocycles. The highest BCUT2D eigenvalue weighted by atomic mass is 35.5. The molecule has 0 amide bonds. The van der Waals surface area contributed by atoms with Gasteiger partial charge in [0.25, 0.3) is 0 Å². The van der Waals surface area contributed by atoms with Gasteiger partial charge < -0.3 is 28.4 Å². The van der Waals surface area contributed by atoms with Crippen LogP contribution >= 0.6 is 20.0 Å². The Balaban J connectivity index is 1.41. The first-order chi connectivity index (χ1) is 16.6. The van der Waals surface area contributed by atoms with Gasteiger partial charge in [0.15, 0.2) is 8.38 Å². The summed E-state index contributed by atoms with van der Waals surface area (Å²) in [6, 6.07) is 12.3. The fourth-order valence-corrected chi connectivity index (χ4v) is 5.27. The molecule has 1 aliphatic heterocycles. The number of halogens is 1. The topological polar surface area (TPSA) is 79.7 Å². The molecular formula is C24H32ClN4O4P. The molecule has 2 unspecified atom stereocenters. The third kappa shape index (κ3) is 6.25. The average Bonchev–Trinajstić information content (AvgIpc) is 3.47. The third-order valence-corrected chi connectivity index (χ3v) is 7.29. The van der Waals surface area contributed by atoms with Gasteiger partial charge in [0, 0.05) is 12.2 Å². The van der Waals surface area contributed by atoms with Gasteiger partial charge in [0.1, 0.15) is 24.0 Å². The standard InChI is InChI=1S/C24H32ClN4O4P/c1-4-31-34(32-5-2)16-30-15-19-11-12-21(33-19)29-14-13-20-22(27-24(25)28-23(20)29)26-17(3)18-9-7-6-8-10-18/h6-10,13-14,17,19,21H,4-5,11-12,15-16H2,1-3H3,(H,26,27,28)/t17-,19?,21?/m1/s1. The maximum absolute atomic E-state index is 6.31. The van der Waals surface area contributed by atoms with E-state index in [2.05, 4.69) is 34.3 Å². The zero-order chi connectivity index (χ0) is 23.9. The molecule has 0 saturated carbocycles. The van der Waals surface area contributed by atoms with Crippen LogP contribution in [0.4, 0.5) is 5.82 Å². The molecule has 4 rings (SSSR count). The van der Waals surface area contributed by atoms with Crippen LogP contribution in [0.5, 0.6) is 0 Å². The molecule has 34 heavy (non-hydrogen) atoms. The molecular weight excluding hydrogens is 475 g/mol. The van der Waals surface area contributed by atoms with Crippen LogP contribution in [-0.4, -0.2) is 46.8 Å². The molecule has 0 radical (unpaired) electrons. The molecule has 1 saturated heterocycles. The summed E-state index contributed by atoms with van der Waals surface area (Å²) in [5.74, 6) is 0.711. The monoisotopic (exact) mass is 506 g/mol. The Hall–Kier alpha value is -1.80. The van der Waals surface area contributed by atoms with Crippen molar-refractivity contribution in [2.75, 3.05) is 31.5 Å². The van der Waals surface area contributed by atoms with Crippen molar-refractivity contribution in [2.24, 2.45) is 0 Å². The summed E-state index contributed by atoms with van der Waals surface area (Å²) in [4.78, 5) is 8.96. The lowest BCUT2D eigenvalue weighted by molar-refractivity contribution is -0.0340. The van der Waals surface area contributed by atoms with Crippen molar-refractivity contribution in [3.8, 4) is 0 Å². The minimum atomic E-state index is -1.01. The van der Waals surface area contributed by atoms with E-state index in [4.69, 9.17) is 30.1 Å². The zero-order valence-electron chi connectivity index (χ0n) is 19.8. The van der Waals surface area contributed by atoms with Crippen molar-refractivity contribution in [1.29, 1.82) is 0 Å². The highest BCUT2D eigenvalue weighted by Gasteiger charge is 2.29. The summed E-state index contributed by atoms with van der Waals surface area (Å²) in [7, 11) is -1.01. The molecule has 3 heterocycles. The number of anilines is 1. The van der Waals surface area contributed by atoms with E-state index < -0.39 is 8.38 Å². The van der Waals surface area contributed by atoms with Crippen LogP contribution in [0, 0.1) is 0 Å². The Morgan fingerprint density at radius 3 is 2.65 bits per heavy atom. The number of fused-ring (bicyclic) bond motifs is 1. The summed E-state index contributed by atoms with van der Waals surface area (Å²) >= 11 is 6.31. The van der Waals surface area contributed by atoms with Gasteiger partial charge >= 0.3 is 0 Å². The second-order valence-electron chi connectivity index (χ2n) is 8.04. The summed E-state index contributed by atoms with van der Waals surface area (Å²) in [6.45, 7) is 7.75. The summed E-state index contributed by atoms with van der Waals surface area (Å²) in [5, 5.41) is 4.60. The van der Waals surface area contributed by atoms with Crippen LogP contribution in [0.3, 0.4) is 0 Å². The van der Waals surface area contributed by atoms with Crippen LogP contribution in [0.15, 0.2) is 42.6 Å². The maximum Gasteiger partial charge on any atom is 0.226 e. The van der Waals surface area contributed by atoms with Crippen molar-refractivity contribution in [3.63, 3.8) is 0 Å². The Labute approximate surface area is 206 Å². The van der Waals surface area contributed by atoms with E-state index in [1.807, 2.05) is 48.9 Å². The molecule has 3 atom stereocenters. The van der Waals surface area contributed by atoms with Gasteiger partial charge in [-0.25, -0.2) is 4.98 Å². The van der Waals surface area contributed by atoms with Gasteiger partial charge in [-0.1, -0.05) is 30.3 Å². The van der Waals surface area contributed by atoms with Gasteiger partial charge in [-0.2, -0.15) is 4.98 Å². The van der Waals surface area contributed by atoms with Gasteiger partial charge in [0.2, 0.25) is 5.28 Å². The Morgan fingerprint density at radius 2 is 1.91 bits per heavy atom. The number of aromatic nitrogens is 3. The normalized spacial score (nSPS) is 19.2. The number of nitrogens with one attached hydrogen (secondary N) is 1. The minimum absolute atomic E-state index is 0.00978. The van der Waals surface area contributed by atoms with E-state index in [0.29, 0.717) is 32.0 Å². The molecule has 1 N–H and O–H groups in total. The first-order valence-electron chi connectivity index (χ1n) is 11.7. The lowest BCUT2D eigenvalue weighted by Crippen LogP contribution is -2.17. The summed E-state index contributed by atoms with van der Waals surface area (Å²) < 4.78 is 25.4. The highest BCUT2D eigenvalue weighted by molar-refractivity contribution is 7.47. The van der Waals surface area contributed by atoms with Gasteiger partial charge in [0.05, 0.1) is 31.3 Å². The predicted molar refractivity (Wildman–Crippen MR) is 135 cm³/mol. The van der Waals surface area contributed by atoms with Crippen molar-refractivity contribution in [2.45, 2.75) is 52.0 Å². The van der Waals surface area contributed by atoms with E-state index >= 15 is 0 Å². The van der Waals surface area contributed by atoms with Crippen molar-refractivity contribution in [3.05, 3.63) is 53.4 Å². The van der Waals surface area contributed by atoms with Gasteiger partial charge in [-0.05, 0) is 56.8 Å². The van der Waals surface area contributed by atoms with Crippen LogP contribution < -0.4 is 5.32 Å². The van der Waals surface area contributed by atoms with Gasteiger partial charge in [-0.3, -0.25) is 0 Å². The third-order valence-electron chi connectivity index (χ3n) is 5.64. The molecule has 8 nitrogen and oxygen atoms in total. The van der Waals surface area contributed by atoms with Crippen molar-refractivity contribution >= 4 is 36.8 Å². The van der Waals surface area contributed by atoms with E-state index in [1.165, 1.54) is 5.56 Å². The van der Waals surface area contributed by atoms with Crippen LogP contribution in [0.25, 0.3) is 11.0 Å². The zero-order valence-corrected chi connectivity index (χ0v) is 21.5. The first kappa shape index (κ1) is 25.3. The van der Waals surface area contributed by atoms with Gasteiger partial charge in [-0.15, -0.1) is 0 Å². The number of rotatable bonds is 12.